The average molecular weight is 614 g/mol. The molecule has 3 aliphatic heterocycles. The van der Waals surface area contributed by atoms with Gasteiger partial charge in [0.15, 0.2) is 23.5 Å². The lowest BCUT2D eigenvalue weighted by atomic mass is 9.96. The molecule has 5 rings (SSSR count). The molecule has 0 bridgehead atoms. The molecule has 0 radical (unpaired) electrons. The first-order valence-corrected chi connectivity index (χ1v) is 13.2. The Balaban J connectivity index is 1.46. The summed E-state index contributed by atoms with van der Waals surface area (Å²) in [4.78, 5) is 0. The molecule has 0 amide bonds. The third-order valence-corrected chi connectivity index (χ3v) is 7.47. The van der Waals surface area contributed by atoms with Gasteiger partial charge in [0.1, 0.15) is 65.9 Å². The molecule has 0 saturated carbocycles. The lowest BCUT2D eigenvalue weighted by molar-refractivity contribution is -0.358. The Hall–Kier alpha value is -3.42. The van der Waals surface area contributed by atoms with Crippen LogP contribution in [0, 0.1) is 0 Å². The summed E-state index contributed by atoms with van der Waals surface area (Å²) in [6.07, 6.45) is -16.6. The van der Waals surface area contributed by atoms with Crippen LogP contribution in [0.3, 0.4) is 0 Å². The van der Waals surface area contributed by atoms with E-state index in [1.54, 1.807) is 0 Å². The van der Waals surface area contributed by atoms with E-state index >= 15 is 0 Å². The van der Waals surface area contributed by atoms with Gasteiger partial charge in [-0.25, -0.2) is 0 Å². The number of aliphatic hydroxyl groups is 8. The maximum absolute atomic E-state index is 11.2. The molecule has 0 aromatic heterocycles. The van der Waals surface area contributed by atoms with Gasteiger partial charge in [-0.3, -0.25) is 0 Å². The third kappa shape index (κ3) is 5.89. The minimum atomic E-state index is -1.87. The zero-order valence-electron chi connectivity index (χ0n) is 22.2. The molecule has 16 heteroatoms. The molecule has 12 N–H and O–H groups in total. The molecule has 1 unspecified atom stereocenters. The number of phenolic OH excluding ortho intramolecular Hbond substituents is 4. The number of hydrogen-bond acceptors (Lipinski definition) is 15. The van der Waals surface area contributed by atoms with Gasteiger partial charge in [0, 0.05) is 12.1 Å². The highest BCUT2D eigenvalue weighted by molar-refractivity contribution is 5.69. The summed E-state index contributed by atoms with van der Waals surface area (Å²) in [6, 6.07) is 6.13. The van der Waals surface area contributed by atoms with Crippen molar-refractivity contribution in [2.45, 2.75) is 67.5 Å². The van der Waals surface area contributed by atoms with Crippen molar-refractivity contribution in [2.75, 3.05) is 13.2 Å². The highest BCUT2D eigenvalue weighted by Crippen LogP contribution is 2.46. The van der Waals surface area contributed by atoms with Crippen molar-refractivity contribution in [3.8, 4) is 28.7 Å². The molecule has 3 heterocycles. The Morgan fingerprint density at radius 1 is 0.698 bits per heavy atom. The van der Waals surface area contributed by atoms with Crippen LogP contribution < -0.4 is 0 Å². The van der Waals surface area contributed by atoms with Crippen LogP contribution in [0.4, 0.5) is 0 Å². The van der Waals surface area contributed by atoms with E-state index in [2.05, 4.69) is 4.74 Å². The van der Waals surface area contributed by atoms with Gasteiger partial charge in [0.25, 0.3) is 11.9 Å². The van der Waals surface area contributed by atoms with Crippen molar-refractivity contribution in [3.63, 3.8) is 0 Å². The number of hydrogen-bond donors (Lipinski definition) is 11. The van der Waals surface area contributed by atoms with Gasteiger partial charge in [-0.15, -0.1) is 0 Å². The highest BCUT2D eigenvalue weighted by atomic mass is 16.7. The second-order valence-corrected chi connectivity index (χ2v) is 10.3. The van der Waals surface area contributed by atoms with Gasteiger partial charge in [-0.2, -0.15) is 0 Å². The Labute approximate surface area is 243 Å². The molecule has 236 valence electrons. The van der Waals surface area contributed by atoms with Gasteiger partial charge < -0.3 is 79.9 Å². The molecule has 2 fully saturated rings. The smallest absolute Gasteiger partial charge is 0.270 e. The number of phenols is 4. The zero-order valence-corrected chi connectivity index (χ0v) is 22.2. The molecule has 0 spiro atoms. The largest absolute Gasteiger partial charge is 0.571 e. The van der Waals surface area contributed by atoms with Crippen LogP contribution in [0.15, 0.2) is 36.1 Å². The van der Waals surface area contributed by atoms with Gasteiger partial charge in [-0.1, -0.05) is 0 Å². The van der Waals surface area contributed by atoms with Crippen LogP contribution in [0.2, 0.25) is 0 Å². The molecule has 2 aromatic carbocycles. The number of aliphatic hydroxyl groups excluding tert-OH is 7. The van der Waals surface area contributed by atoms with Crippen molar-refractivity contribution in [3.05, 3.63) is 47.2 Å². The Morgan fingerprint density at radius 3 is 2.05 bits per heavy atom. The van der Waals surface area contributed by atoms with E-state index in [0.29, 0.717) is 0 Å². The number of rotatable bonds is 7. The van der Waals surface area contributed by atoms with E-state index in [1.165, 1.54) is 30.3 Å². The van der Waals surface area contributed by atoms with E-state index in [4.69, 9.17) is 18.9 Å². The summed E-state index contributed by atoms with van der Waals surface area (Å²) < 4.78 is 27.0. The van der Waals surface area contributed by atoms with Gasteiger partial charge in [-0.05, 0) is 18.2 Å². The first kappa shape index (κ1) is 31.0. The topological polar surface area (TPSA) is 272 Å². The van der Waals surface area contributed by atoms with Crippen LogP contribution >= 0.6 is 0 Å². The lowest BCUT2D eigenvalue weighted by Crippen LogP contribution is -2.64. The first-order chi connectivity index (χ1) is 20.4. The maximum Gasteiger partial charge on any atom is 0.270 e. The molecule has 16 nitrogen and oxygen atoms in total. The number of fused-ring (bicyclic) bond motifs is 1. The summed E-state index contributed by atoms with van der Waals surface area (Å²) in [5.74, 6) is -1.50. The summed E-state index contributed by atoms with van der Waals surface area (Å²) in [6.45, 7) is -1.55. The number of ether oxygens (including phenoxy) is 5. The Morgan fingerprint density at radius 2 is 1.37 bits per heavy atom. The van der Waals surface area contributed by atoms with Crippen molar-refractivity contribution in [2.24, 2.45) is 0 Å². The van der Waals surface area contributed by atoms with Crippen molar-refractivity contribution in [1.82, 2.24) is 0 Å². The lowest BCUT2D eigenvalue weighted by Gasteiger charge is -2.46. The fourth-order valence-electron chi connectivity index (χ4n) is 5.11. The van der Waals surface area contributed by atoms with Crippen molar-refractivity contribution >= 4 is 6.08 Å². The normalized spacial score (nSPS) is 35.9. The number of aromatic hydroxyl groups is 5. The second-order valence-electron chi connectivity index (χ2n) is 10.3. The highest BCUT2D eigenvalue weighted by Gasteiger charge is 2.52. The van der Waals surface area contributed by atoms with Crippen molar-refractivity contribution < 1.29 is 79.9 Å². The minimum Gasteiger partial charge on any atom is -0.571 e. The van der Waals surface area contributed by atoms with Crippen LogP contribution in [-0.4, -0.2) is 136 Å². The SMILES string of the molecule is OC[C@@H]1O[C@@H](OC2=Cc3c(O)cc(O)cc3[OH+]C2c2ccc(O)c(O)c2)[C@H](O)[C@@H](O[C@@H]2O[C@H](CO)[C@@H](O)[C@H](O)[C@H]2O)[C@@H]1O. The first-order valence-electron chi connectivity index (χ1n) is 13.2. The van der Waals surface area contributed by atoms with E-state index in [-0.39, 0.29) is 34.1 Å². The summed E-state index contributed by atoms with van der Waals surface area (Å²) in [5, 5.41) is 112. The van der Waals surface area contributed by atoms with Gasteiger partial charge in [0.2, 0.25) is 6.29 Å². The monoisotopic (exact) mass is 613 g/mol. The fraction of sp³-hybridized carbons (Fsp3) is 0.481. The quantitative estimate of drug-likeness (QED) is 0.114. The number of benzene rings is 2. The van der Waals surface area contributed by atoms with Crippen molar-refractivity contribution in [1.29, 1.82) is 0 Å². The predicted molar refractivity (Wildman–Crippen MR) is 139 cm³/mol. The molecular formula is C27H33O16+. The zero-order chi connectivity index (χ0) is 31.2. The summed E-state index contributed by atoms with van der Waals surface area (Å²) >= 11 is 0. The molecule has 43 heavy (non-hydrogen) atoms. The van der Waals surface area contributed by atoms with Crippen LogP contribution in [0.1, 0.15) is 17.2 Å². The van der Waals surface area contributed by atoms with Crippen LogP contribution in [0.5, 0.6) is 28.7 Å². The standard InChI is InChI=1S/C27H32O16/c28-7-17-19(34)21(36)22(37)26(41-17)43-25-20(35)18(8-29)42-27(23(25)38)40-16-6-11-13(32)4-10(30)5-15(11)39-24(16)9-1-2-12(31)14(33)3-9/h1-6,17-38H,7-8H2/p+1/t17-,18+,19-,20-,21+,22-,23-,24?,25+,26+,27-/m1/s1. The van der Waals surface area contributed by atoms with Gasteiger partial charge >= 0.3 is 0 Å². The predicted octanol–water partition coefficient (Wildman–Crippen LogP) is -2.51. The van der Waals surface area contributed by atoms with Crippen LogP contribution in [0.25, 0.3) is 6.08 Å². The fourth-order valence-corrected chi connectivity index (χ4v) is 5.11. The average Bonchev–Trinajstić information content (AvgIpc) is 2.97. The van der Waals surface area contributed by atoms with Gasteiger partial charge in [0.05, 0.1) is 24.8 Å². The third-order valence-electron chi connectivity index (χ3n) is 7.47. The minimum absolute atomic E-state index is 0.0812. The van der Waals surface area contributed by atoms with E-state index in [9.17, 15) is 56.2 Å². The molecule has 3 aliphatic rings. The molecule has 0 aliphatic carbocycles. The summed E-state index contributed by atoms with van der Waals surface area (Å²) in [5.41, 5.74) is 0.387. The van der Waals surface area contributed by atoms with E-state index < -0.39 is 92.2 Å². The molecule has 11 atom stereocenters. The molecule has 2 aromatic rings. The maximum atomic E-state index is 11.2. The molecular weight excluding hydrogens is 580 g/mol. The second kappa shape index (κ2) is 12.3. The summed E-state index contributed by atoms with van der Waals surface area (Å²) in [7, 11) is 0. The Kier molecular flexibility index (Phi) is 8.87. The molecule has 2 saturated heterocycles. The Bertz CT molecular complexity index is 1330. The van der Waals surface area contributed by atoms with E-state index in [0.717, 1.165) is 6.07 Å². The van der Waals surface area contributed by atoms with E-state index in [1.807, 2.05) is 0 Å². The van der Waals surface area contributed by atoms with Crippen LogP contribution in [-0.2, 0) is 18.9 Å².